The minimum atomic E-state index is 0.656. The molecule has 0 aliphatic carbocycles. The molecule has 0 unspecified atom stereocenters. The van der Waals surface area contributed by atoms with Crippen molar-refractivity contribution in [1.29, 1.82) is 0 Å². The molecule has 0 bridgehead atoms. The Kier molecular flexibility index (Phi) is 6.00. The zero-order valence-electron chi connectivity index (χ0n) is 24.2. The van der Waals surface area contributed by atoms with E-state index in [1.807, 2.05) is 6.07 Å². The van der Waals surface area contributed by atoms with Crippen LogP contribution in [0.3, 0.4) is 0 Å². The first-order chi connectivity index (χ1) is 22.3. The summed E-state index contributed by atoms with van der Waals surface area (Å²) in [6.45, 7) is 0. The molecule has 2 aromatic heterocycles. The van der Waals surface area contributed by atoms with E-state index in [0.29, 0.717) is 17.5 Å². The summed E-state index contributed by atoms with van der Waals surface area (Å²) in [6.07, 6.45) is 0. The predicted octanol–water partition coefficient (Wildman–Crippen LogP) is 11.2. The summed E-state index contributed by atoms with van der Waals surface area (Å²) in [5, 5.41) is 7.10. The Morgan fingerprint density at radius 1 is 0.333 bits per heavy atom. The Labute approximate surface area is 264 Å². The first kappa shape index (κ1) is 25.8. The fourth-order valence-corrected chi connectivity index (χ4v) is 7.53. The van der Waals surface area contributed by atoms with E-state index in [0.717, 1.165) is 33.0 Å². The first-order valence-corrected chi connectivity index (χ1v) is 15.9. The van der Waals surface area contributed by atoms with Gasteiger partial charge >= 0.3 is 0 Å². The Morgan fingerprint density at radius 2 is 0.889 bits per heavy atom. The standard InChI is InChI=1S/C41H25N3S/c1-2-10-26(11-3-1)27-20-24-30(25-21-27)39-42-40(33-16-8-13-29-23-22-28-12-4-5-14-31(28)37(29)33)44-41(43-39)34-17-9-19-36-38(34)32-15-6-7-18-35(32)45-36/h1-25H. The average molecular weight is 592 g/mol. The lowest BCUT2D eigenvalue weighted by Crippen LogP contribution is -2.01. The van der Waals surface area contributed by atoms with Crippen LogP contribution >= 0.6 is 11.3 Å². The zero-order chi connectivity index (χ0) is 29.7. The quantitative estimate of drug-likeness (QED) is 0.191. The van der Waals surface area contributed by atoms with Crippen molar-refractivity contribution in [3.63, 3.8) is 0 Å². The zero-order valence-corrected chi connectivity index (χ0v) is 25.0. The highest BCUT2D eigenvalue weighted by Crippen LogP contribution is 2.40. The van der Waals surface area contributed by atoms with E-state index in [-0.39, 0.29) is 0 Å². The van der Waals surface area contributed by atoms with Crippen molar-refractivity contribution in [2.45, 2.75) is 0 Å². The van der Waals surface area contributed by atoms with Gasteiger partial charge in [0.05, 0.1) is 0 Å². The number of benzene rings is 7. The summed E-state index contributed by atoms with van der Waals surface area (Å²) < 4.78 is 2.48. The minimum absolute atomic E-state index is 0.656. The molecule has 0 amide bonds. The molecule has 9 rings (SSSR count). The molecule has 45 heavy (non-hydrogen) atoms. The molecule has 0 spiro atoms. The average Bonchev–Trinajstić information content (AvgIpc) is 3.50. The molecule has 4 heteroatoms. The van der Waals surface area contributed by atoms with Gasteiger partial charge in [0.2, 0.25) is 0 Å². The van der Waals surface area contributed by atoms with Crippen LogP contribution < -0.4 is 0 Å². The van der Waals surface area contributed by atoms with Gasteiger partial charge in [-0.05, 0) is 39.4 Å². The second-order valence-electron chi connectivity index (χ2n) is 11.2. The van der Waals surface area contributed by atoms with Gasteiger partial charge in [0.25, 0.3) is 0 Å². The lowest BCUT2D eigenvalue weighted by molar-refractivity contribution is 1.08. The van der Waals surface area contributed by atoms with Gasteiger partial charge < -0.3 is 0 Å². The van der Waals surface area contributed by atoms with Crippen LogP contribution in [0.15, 0.2) is 152 Å². The molecule has 7 aromatic carbocycles. The molecule has 0 saturated carbocycles. The van der Waals surface area contributed by atoms with Gasteiger partial charge in [-0.25, -0.2) is 15.0 Å². The lowest BCUT2D eigenvalue weighted by atomic mass is 9.97. The van der Waals surface area contributed by atoms with E-state index >= 15 is 0 Å². The van der Waals surface area contributed by atoms with Crippen molar-refractivity contribution in [2.75, 3.05) is 0 Å². The second kappa shape index (κ2) is 10.5. The smallest absolute Gasteiger partial charge is 0.164 e. The van der Waals surface area contributed by atoms with Crippen molar-refractivity contribution in [1.82, 2.24) is 15.0 Å². The Morgan fingerprint density at radius 3 is 1.71 bits per heavy atom. The third-order valence-corrected chi connectivity index (χ3v) is 9.68. The largest absolute Gasteiger partial charge is 0.208 e. The van der Waals surface area contributed by atoms with E-state index in [2.05, 4.69) is 146 Å². The molecule has 0 fully saturated rings. The van der Waals surface area contributed by atoms with Gasteiger partial charge in [0.1, 0.15) is 0 Å². The van der Waals surface area contributed by atoms with Crippen LogP contribution in [0.2, 0.25) is 0 Å². The fraction of sp³-hybridized carbons (Fsp3) is 0. The number of hydrogen-bond acceptors (Lipinski definition) is 4. The molecular weight excluding hydrogens is 567 g/mol. The molecule has 0 aliphatic rings. The predicted molar refractivity (Wildman–Crippen MR) is 189 cm³/mol. The number of fused-ring (bicyclic) bond motifs is 6. The van der Waals surface area contributed by atoms with E-state index in [4.69, 9.17) is 15.0 Å². The normalized spacial score (nSPS) is 11.6. The summed E-state index contributed by atoms with van der Waals surface area (Å²) in [4.78, 5) is 15.6. The maximum atomic E-state index is 5.24. The third-order valence-electron chi connectivity index (χ3n) is 8.54. The Hall–Kier alpha value is -5.71. The van der Waals surface area contributed by atoms with Crippen LogP contribution in [-0.4, -0.2) is 15.0 Å². The summed E-state index contributed by atoms with van der Waals surface area (Å²) in [6, 6.07) is 53.3. The third kappa shape index (κ3) is 4.38. The Bertz CT molecular complexity index is 2530. The van der Waals surface area contributed by atoms with Gasteiger partial charge in [0, 0.05) is 42.2 Å². The SMILES string of the molecule is c1ccc(-c2ccc(-c3nc(-c4cccc5ccc6ccccc6c45)nc(-c4cccc5sc6ccccc6c45)n3)cc2)cc1. The molecule has 0 atom stereocenters. The van der Waals surface area contributed by atoms with Crippen molar-refractivity contribution in [2.24, 2.45) is 0 Å². The van der Waals surface area contributed by atoms with Crippen LogP contribution in [0.5, 0.6) is 0 Å². The van der Waals surface area contributed by atoms with Crippen LogP contribution in [0, 0.1) is 0 Å². The van der Waals surface area contributed by atoms with Crippen molar-refractivity contribution in [3.8, 4) is 45.3 Å². The summed E-state index contributed by atoms with van der Waals surface area (Å²) >= 11 is 1.80. The summed E-state index contributed by atoms with van der Waals surface area (Å²) in [5.41, 5.74) is 5.30. The van der Waals surface area contributed by atoms with Gasteiger partial charge in [-0.15, -0.1) is 11.3 Å². The summed E-state index contributed by atoms with van der Waals surface area (Å²) in [5.74, 6) is 2.00. The molecule has 0 aliphatic heterocycles. The number of thiophene rings is 1. The van der Waals surface area contributed by atoms with Gasteiger partial charge in [-0.1, -0.05) is 140 Å². The molecule has 210 valence electrons. The monoisotopic (exact) mass is 591 g/mol. The maximum absolute atomic E-state index is 5.24. The van der Waals surface area contributed by atoms with Gasteiger partial charge in [-0.3, -0.25) is 0 Å². The van der Waals surface area contributed by atoms with Crippen molar-refractivity contribution >= 4 is 53.1 Å². The molecule has 0 N–H and O–H groups in total. The van der Waals surface area contributed by atoms with E-state index in [1.165, 1.54) is 36.5 Å². The first-order valence-electron chi connectivity index (χ1n) is 15.0. The lowest BCUT2D eigenvalue weighted by Gasteiger charge is -2.13. The number of aromatic nitrogens is 3. The number of nitrogens with zero attached hydrogens (tertiary/aromatic N) is 3. The molecule has 0 saturated heterocycles. The fourth-order valence-electron chi connectivity index (χ4n) is 6.39. The number of rotatable bonds is 4. The maximum Gasteiger partial charge on any atom is 0.164 e. The van der Waals surface area contributed by atoms with Crippen molar-refractivity contribution in [3.05, 3.63) is 152 Å². The minimum Gasteiger partial charge on any atom is -0.208 e. The van der Waals surface area contributed by atoms with Gasteiger partial charge in [0.15, 0.2) is 17.5 Å². The van der Waals surface area contributed by atoms with E-state index in [9.17, 15) is 0 Å². The van der Waals surface area contributed by atoms with E-state index in [1.54, 1.807) is 11.3 Å². The molecule has 3 nitrogen and oxygen atoms in total. The molecule has 0 radical (unpaired) electrons. The highest BCUT2D eigenvalue weighted by atomic mass is 32.1. The summed E-state index contributed by atoms with van der Waals surface area (Å²) in [7, 11) is 0. The number of hydrogen-bond donors (Lipinski definition) is 0. The van der Waals surface area contributed by atoms with Crippen LogP contribution in [0.4, 0.5) is 0 Å². The van der Waals surface area contributed by atoms with Crippen LogP contribution in [0.1, 0.15) is 0 Å². The Balaban J connectivity index is 1.31. The second-order valence-corrected chi connectivity index (χ2v) is 12.3. The highest BCUT2D eigenvalue weighted by molar-refractivity contribution is 7.25. The van der Waals surface area contributed by atoms with Crippen LogP contribution in [0.25, 0.3) is 87.0 Å². The molecular formula is C41H25N3S. The van der Waals surface area contributed by atoms with Crippen LogP contribution in [-0.2, 0) is 0 Å². The molecule has 9 aromatic rings. The van der Waals surface area contributed by atoms with Gasteiger partial charge in [-0.2, -0.15) is 0 Å². The van der Waals surface area contributed by atoms with E-state index < -0.39 is 0 Å². The van der Waals surface area contributed by atoms with Crippen molar-refractivity contribution < 1.29 is 0 Å². The highest BCUT2D eigenvalue weighted by Gasteiger charge is 2.18. The molecule has 2 heterocycles. The topological polar surface area (TPSA) is 38.7 Å².